The Kier molecular flexibility index (Phi) is 6.82. The van der Waals surface area contributed by atoms with Crippen LogP contribution in [0.25, 0.3) is 0 Å². The Morgan fingerprint density at radius 3 is 2.37 bits per heavy atom. The molecular weight excluding hydrogens is 396 g/mol. The Morgan fingerprint density at radius 1 is 1.10 bits per heavy atom. The van der Waals surface area contributed by atoms with Crippen LogP contribution in [0, 0.1) is 27.7 Å². The summed E-state index contributed by atoms with van der Waals surface area (Å²) in [4.78, 5) is 12.4. The van der Waals surface area contributed by atoms with E-state index in [0.29, 0.717) is 11.0 Å². The van der Waals surface area contributed by atoms with Gasteiger partial charge in [-0.1, -0.05) is 36.0 Å². The van der Waals surface area contributed by atoms with Crippen LogP contribution in [-0.2, 0) is 11.8 Å². The molecule has 1 heterocycles. The van der Waals surface area contributed by atoms with Gasteiger partial charge in [-0.2, -0.15) is 0 Å². The molecule has 1 N–H and O–H groups in total. The second-order valence-corrected chi connectivity index (χ2v) is 8.53. The minimum atomic E-state index is -0.263. The number of rotatable bonds is 7. The summed E-state index contributed by atoms with van der Waals surface area (Å²) in [6.45, 7) is 10.0. The fraction of sp³-hybridized carbons (Fsp3) is 0.348. The Hall–Kier alpha value is -2.80. The van der Waals surface area contributed by atoms with E-state index in [1.54, 1.807) is 0 Å². The maximum atomic E-state index is 12.4. The summed E-state index contributed by atoms with van der Waals surface area (Å²) in [5.74, 6) is 1.71. The van der Waals surface area contributed by atoms with Gasteiger partial charge in [0.2, 0.25) is 5.91 Å². The van der Waals surface area contributed by atoms with Crippen LogP contribution in [0.3, 0.4) is 0 Å². The summed E-state index contributed by atoms with van der Waals surface area (Å²) in [6.07, 6.45) is -0.263. The van der Waals surface area contributed by atoms with Crippen LogP contribution in [0.2, 0.25) is 0 Å². The number of hydrogen-bond donors (Lipinski definition) is 1. The average Bonchev–Trinajstić information content (AvgIpc) is 3.03. The van der Waals surface area contributed by atoms with Crippen LogP contribution in [0.4, 0.5) is 5.69 Å². The summed E-state index contributed by atoms with van der Waals surface area (Å²) >= 11 is 1.36. The number of ether oxygens (including phenoxy) is 1. The SMILES string of the molecule is Cc1cc(C)cc(OC(C)c2nnc(SCC(=O)Nc3c(C)cccc3C)n2C)c1. The van der Waals surface area contributed by atoms with Crippen molar-refractivity contribution in [3.63, 3.8) is 0 Å². The van der Waals surface area contributed by atoms with Crippen LogP contribution in [0.5, 0.6) is 5.75 Å². The maximum Gasteiger partial charge on any atom is 0.234 e. The molecule has 1 atom stereocenters. The molecule has 0 spiro atoms. The highest BCUT2D eigenvalue weighted by atomic mass is 32.2. The van der Waals surface area contributed by atoms with Crippen molar-refractivity contribution in [3.8, 4) is 5.75 Å². The molecule has 3 rings (SSSR count). The predicted octanol–water partition coefficient (Wildman–Crippen LogP) is 4.92. The molecule has 1 unspecified atom stereocenters. The molecule has 2 aromatic carbocycles. The van der Waals surface area contributed by atoms with Crippen molar-refractivity contribution in [2.75, 3.05) is 11.1 Å². The molecule has 0 aliphatic carbocycles. The molecule has 1 amide bonds. The minimum Gasteiger partial charge on any atom is -0.483 e. The quantitative estimate of drug-likeness (QED) is 0.545. The second kappa shape index (κ2) is 9.34. The van der Waals surface area contributed by atoms with E-state index in [0.717, 1.165) is 33.7 Å². The Morgan fingerprint density at radius 2 is 1.73 bits per heavy atom. The van der Waals surface area contributed by atoms with Gasteiger partial charge in [0.05, 0.1) is 5.75 Å². The van der Waals surface area contributed by atoms with Crippen LogP contribution in [0.15, 0.2) is 41.6 Å². The number of aromatic nitrogens is 3. The molecule has 0 aliphatic rings. The number of nitrogens with one attached hydrogen (secondary N) is 1. The van der Waals surface area contributed by atoms with E-state index in [1.165, 1.54) is 11.8 Å². The highest BCUT2D eigenvalue weighted by molar-refractivity contribution is 7.99. The predicted molar refractivity (Wildman–Crippen MR) is 121 cm³/mol. The first-order valence-electron chi connectivity index (χ1n) is 9.87. The monoisotopic (exact) mass is 424 g/mol. The number of para-hydroxylation sites is 1. The highest BCUT2D eigenvalue weighted by Gasteiger charge is 2.18. The molecule has 0 saturated carbocycles. The van der Waals surface area contributed by atoms with Gasteiger partial charge in [0, 0.05) is 12.7 Å². The minimum absolute atomic E-state index is 0.0681. The molecular formula is C23H28N4O2S. The van der Waals surface area contributed by atoms with Gasteiger partial charge < -0.3 is 14.6 Å². The fourth-order valence-electron chi connectivity index (χ4n) is 3.38. The molecule has 0 fully saturated rings. The molecule has 1 aromatic heterocycles. The number of thioether (sulfide) groups is 1. The lowest BCUT2D eigenvalue weighted by molar-refractivity contribution is -0.113. The third-order valence-electron chi connectivity index (χ3n) is 4.82. The molecule has 158 valence electrons. The van der Waals surface area contributed by atoms with Crippen molar-refractivity contribution in [1.29, 1.82) is 0 Å². The van der Waals surface area contributed by atoms with Gasteiger partial charge in [-0.15, -0.1) is 10.2 Å². The fourth-order valence-corrected chi connectivity index (χ4v) is 4.10. The number of carbonyl (C=O) groups is 1. The number of nitrogens with zero attached hydrogens (tertiary/aromatic N) is 3. The zero-order valence-electron chi connectivity index (χ0n) is 18.3. The van der Waals surface area contributed by atoms with Gasteiger partial charge in [0.25, 0.3) is 0 Å². The normalized spacial score (nSPS) is 11.9. The number of aryl methyl sites for hydroxylation is 4. The topological polar surface area (TPSA) is 69.0 Å². The molecule has 0 bridgehead atoms. The van der Waals surface area contributed by atoms with E-state index in [-0.39, 0.29) is 17.8 Å². The Bertz CT molecular complexity index is 1020. The van der Waals surface area contributed by atoms with Crippen molar-refractivity contribution in [3.05, 3.63) is 64.5 Å². The van der Waals surface area contributed by atoms with E-state index in [4.69, 9.17) is 4.74 Å². The van der Waals surface area contributed by atoms with E-state index >= 15 is 0 Å². The van der Waals surface area contributed by atoms with E-state index in [2.05, 4.69) is 21.6 Å². The Balaban J connectivity index is 1.62. The molecule has 7 heteroatoms. The lowest BCUT2D eigenvalue weighted by Gasteiger charge is -2.15. The number of benzene rings is 2. The van der Waals surface area contributed by atoms with Crippen molar-refractivity contribution in [2.24, 2.45) is 7.05 Å². The smallest absolute Gasteiger partial charge is 0.234 e. The van der Waals surface area contributed by atoms with E-state index < -0.39 is 0 Å². The zero-order valence-corrected chi connectivity index (χ0v) is 19.1. The van der Waals surface area contributed by atoms with Gasteiger partial charge >= 0.3 is 0 Å². The maximum absolute atomic E-state index is 12.4. The van der Waals surface area contributed by atoms with Crippen molar-refractivity contribution in [2.45, 2.75) is 45.9 Å². The van der Waals surface area contributed by atoms with Crippen molar-refractivity contribution in [1.82, 2.24) is 14.8 Å². The third-order valence-corrected chi connectivity index (χ3v) is 5.84. The van der Waals surface area contributed by atoms with Crippen LogP contribution in [0.1, 0.15) is 41.1 Å². The largest absolute Gasteiger partial charge is 0.483 e. The number of hydrogen-bond acceptors (Lipinski definition) is 5. The highest BCUT2D eigenvalue weighted by Crippen LogP contribution is 2.26. The first-order chi connectivity index (χ1) is 14.2. The second-order valence-electron chi connectivity index (χ2n) is 7.59. The Labute approximate surface area is 182 Å². The summed E-state index contributed by atoms with van der Waals surface area (Å²) in [6, 6.07) is 12.1. The summed E-state index contributed by atoms with van der Waals surface area (Å²) in [7, 11) is 1.89. The molecule has 6 nitrogen and oxygen atoms in total. The lowest BCUT2D eigenvalue weighted by atomic mass is 10.1. The van der Waals surface area contributed by atoms with Crippen LogP contribution < -0.4 is 10.1 Å². The lowest BCUT2D eigenvalue weighted by Crippen LogP contribution is -2.16. The first kappa shape index (κ1) is 21.9. The number of anilines is 1. The van der Waals surface area contributed by atoms with Gasteiger partial charge in [-0.3, -0.25) is 4.79 Å². The number of carbonyl (C=O) groups excluding carboxylic acids is 1. The standard InChI is InChI=1S/C23H28N4O2S/c1-14-10-15(2)12-19(11-14)29-18(5)22-25-26-23(27(22)6)30-13-20(28)24-21-16(3)8-7-9-17(21)4/h7-12,18H,13H2,1-6H3,(H,24,28). The van der Waals surface area contributed by atoms with Crippen molar-refractivity contribution < 1.29 is 9.53 Å². The zero-order chi connectivity index (χ0) is 21.8. The molecule has 0 saturated heterocycles. The number of amides is 1. The molecule has 3 aromatic rings. The van der Waals surface area contributed by atoms with Gasteiger partial charge in [0.15, 0.2) is 17.1 Å². The van der Waals surface area contributed by atoms with Crippen molar-refractivity contribution >= 4 is 23.4 Å². The summed E-state index contributed by atoms with van der Waals surface area (Å²) in [5, 5.41) is 12.2. The van der Waals surface area contributed by atoms with Crippen LogP contribution in [-0.4, -0.2) is 26.4 Å². The molecule has 0 aliphatic heterocycles. The summed E-state index contributed by atoms with van der Waals surface area (Å²) in [5.41, 5.74) is 5.28. The van der Waals surface area contributed by atoms with Crippen LogP contribution >= 0.6 is 11.8 Å². The van der Waals surface area contributed by atoms with E-state index in [1.807, 2.05) is 76.6 Å². The van der Waals surface area contributed by atoms with E-state index in [9.17, 15) is 4.79 Å². The summed E-state index contributed by atoms with van der Waals surface area (Å²) < 4.78 is 7.95. The molecule has 0 radical (unpaired) electrons. The third kappa shape index (κ3) is 5.21. The van der Waals surface area contributed by atoms with Gasteiger partial charge in [-0.25, -0.2) is 0 Å². The average molecular weight is 425 g/mol. The van der Waals surface area contributed by atoms with Gasteiger partial charge in [0.1, 0.15) is 5.75 Å². The molecule has 30 heavy (non-hydrogen) atoms. The van der Waals surface area contributed by atoms with Gasteiger partial charge in [-0.05, 0) is 69.0 Å². The first-order valence-corrected chi connectivity index (χ1v) is 10.9.